The van der Waals surface area contributed by atoms with Gasteiger partial charge in [0.25, 0.3) is 0 Å². The molecule has 0 saturated carbocycles. The van der Waals surface area contributed by atoms with Gasteiger partial charge in [0.1, 0.15) is 24.2 Å². The average molecular weight is 510 g/mol. The number of benzene rings is 1. The van der Waals surface area contributed by atoms with Gasteiger partial charge < -0.3 is 42.7 Å². The molecule has 10 N–H and O–H groups in total. The minimum Gasteiger partial charge on any atom is -0.481 e. The van der Waals surface area contributed by atoms with Gasteiger partial charge >= 0.3 is 11.9 Å². The van der Waals surface area contributed by atoms with Gasteiger partial charge in [-0.3, -0.25) is 24.0 Å². The summed E-state index contributed by atoms with van der Waals surface area (Å²) in [6, 6.07) is 2.84. The molecule has 1 aromatic carbocycles. The molecular weight excluding hydrogens is 478 g/mol. The fourth-order valence-electron chi connectivity index (χ4n) is 3.05. The first-order valence-electron chi connectivity index (χ1n) is 11.0. The van der Waals surface area contributed by atoms with E-state index >= 15 is 0 Å². The number of carboxylic acid groups (broad SMARTS) is 2. The number of nitrogens with two attached hydrogens (primary N) is 2. The van der Waals surface area contributed by atoms with E-state index in [1.54, 1.807) is 30.3 Å². The second-order valence-electron chi connectivity index (χ2n) is 7.94. The van der Waals surface area contributed by atoms with Crippen molar-refractivity contribution in [2.75, 3.05) is 6.61 Å². The van der Waals surface area contributed by atoms with Crippen LogP contribution in [0.2, 0.25) is 0 Å². The lowest BCUT2D eigenvalue weighted by Gasteiger charge is -2.25. The van der Waals surface area contributed by atoms with E-state index in [4.69, 9.17) is 21.7 Å². The number of amides is 4. The Balaban J connectivity index is 3.04. The zero-order valence-corrected chi connectivity index (χ0v) is 19.4. The third-order valence-electron chi connectivity index (χ3n) is 5.02. The Hall–Kier alpha value is -4.04. The molecule has 1 rings (SSSR count). The monoisotopic (exact) mass is 509 g/mol. The number of hydrogen-bond acceptors (Lipinski definition) is 8. The number of carbonyl (C=O) groups is 6. The van der Waals surface area contributed by atoms with Crippen LogP contribution in [-0.4, -0.2) is 81.7 Å². The van der Waals surface area contributed by atoms with Gasteiger partial charge in [0.2, 0.25) is 23.6 Å². The number of aliphatic carboxylic acids is 2. The molecule has 14 heteroatoms. The fraction of sp³-hybridized carbons (Fsp3) is 0.455. The van der Waals surface area contributed by atoms with Crippen LogP contribution >= 0.6 is 0 Å². The van der Waals surface area contributed by atoms with Crippen molar-refractivity contribution in [3.8, 4) is 0 Å². The molecule has 0 spiro atoms. The molecule has 198 valence electrons. The Kier molecular flexibility index (Phi) is 12.5. The highest BCUT2D eigenvalue weighted by atomic mass is 16.4. The Bertz CT molecular complexity index is 941. The molecule has 0 aliphatic heterocycles. The second-order valence-corrected chi connectivity index (χ2v) is 7.94. The van der Waals surface area contributed by atoms with Gasteiger partial charge in [0.05, 0.1) is 6.61 Å². The maximum atomic E-state index is 12.9. The van der Waals surface area contributed by atoms with Gasteiger partial charge in [0, 0.05) is 19.3 Å². The summed E-state index contributed by atoms with van der Waals surface area (Å²) in [5.74, 6) is -6.23. The van der Waals surface area contributed by atoms with Crippen LogP contribution in [0.25, 0.3) is 0 Å². The molecule has 0 fully saturated rings. The molecule has 0 radical (unpaired) electrons. The van der Waals surface area contributed by atoms with E-state index in [-0.39, 0.29) is 25.7 Å². The van der Waals surface area contributed by atoms with Crippen LogP contribution in [0.1, 0.15) is 31.2 Å². The smallest absolute Gasteiger partial charge is 0.326 e. The predicted octanol–water partition coefficient (Wildman–Crippen LogP) is -2.78. The zero-order chi connectivity index (χ0) is 27.3. The number of nitrogens with one attached hydrogen (secondary N) is 3. The van der Waals surface area contributed by atoms with Crippen molar-refractivity contribution in [2.45, 2.75) is 56.3 Å². The maximum Gasteiger partial charge on any atom is 0.326 e. The van der Waals surface area contributed by atoms with Crippen molar-refractivity contribution in [1.82, 2.24) is 16.0 Å². The first kappa shape index (κ1) is 30.0. The average Bonchev–Trinajstić information content (AvgIpc) is 2.83. The summed E-state index contributed by atoms with van der Waals surface area (Å²) in [6.07, 6.45) is -1.59. The Morgan fingerprint density at radius 3 is 1.75 bits per heavy atom. The first-order valence-corrected chi connectivity index (χ1v) is 11.0. The fourth-order valence-corrected chi connectivity index (χ4v) is 3.05. The molecule has 36 heavy (non-hydrogen) atoms. The lowest BCUT2D eigenvalue weighted by atomic mass is 10.0. The van der Waals surface area contributed by atoms with Gasteiger partial charge in [-0.2, -0.15) is 0 Å². The van der Waals surface area contributed by atoms with Crippen LogP contribution in [0, 0.1) is 0 Å². The van der Waals surface area contributed by atoms with Gasteiger partial charge in [-0.05, 0) is 18.4 Å². The van der Waals surface area contributed by atoms with E-state index in [0.717, 1.165) is 0 Å². The van der Waals surface area contributed by atoms with E-state index in [1.807, 2.05) is 0 Å². The molecule has 0 heterocycles. The zero-order valence-electron chi connectivity index (χ0n) is 19.4. The predicted molar refractivity (Wildman–Crippen MR) is 124 cm³/mol. The summed E-state index contributed by atoms with van der Waals surface area (Å²) in [7, 11) is 0. The number of hydrogen-bond donors (Lipinski definition) is 8. The van der Waals surface area contributed by atoms with Crippen LogP contribution in [0.15, 0.2) is 30.3 Å². The van der Waals surface area contributed by atoms with Crippen molar-refractivity contribution >= 4 is 35.6 Å². The third-order valence-corrected chi connectivity index (χ3v) is 5.02. The van der Waals surface area contributed by atoms with Gasteiger partial charge in [-0.1, -0.05) is 30.3 Å². The number of aliphatic hydroxyl groups excluding tert-OH is 1. The van der Waals surface area contributed by atoms with Crippen LogP contribution < -0.4 is 27.4 Å². The Morgan fingerprint density at radius 2 is 1.28 bits per heavy atom. The van der Waals surface area contributed by atoms with Gasteiger partial charge in [-0.25, -0.2) is 4.79 Å². The van der Waals surface area contributed by atoms with Crippen molar-refractivity contribution < 1.29 is 44.1 Å². The summed E-state index contributed by atoms with van der Waals surface area (Å²) < 4.78 is 0. The molecule has 0 bridgehead atoms. The molecule has 4 amide bonds. The largest absolute Gasteiger partial charge is 0.481 e. The quantitative estimate of drug-likeness (QED) is 0.114. The minimum atomic E-state index is -1.45. The molecule has 0 aliphatic rings. The molecule has 0 aromatic heterocycles. The summed E-state index contributed by atoms with van der Waals surface area (Å²) in [5, 5.41) is 34.3. The van der Waals surface area contributed by atoms with E-state index in [0.29, 0.717) is 5.56 Å². The summed E-state index contributed by atoms with van der Waals surface area (Å²) in [6.45, 7) is -0.735. The van der Waals surface area contributed by atoms with Crippen LogP contribution in [0.4, 0.5) is 0 Å². The van der Waals surface area contributed by atoms with Crippen molar-refractivity contribution in [3.63, 3.8) is 0 Å². The summed E-state index contributed by atoms with van der Waals surface area (Å²) >= 11 is 0. The van der Waals surface area contributed by atoms with Gasteiger partial charge in [0.15, 0.2) is 0 Å². The lowest BCUT2D eigenvalue weighted by molar-refractivity contribution is -0.142. The molecule has 4 atom stereocenters. The van der Waals surface area contributed by atoms with Crippen LogP contribution in [0.5, 0.6) is 0 Å². The van der Waals surface area contributed by atoms with Crippen LogP contribution in [0.3, 0.4) is 0 Å². The highest BCUT2D eigenvalue weighted by Crippen LogP contribution is 2.07. The van der Waals surface area contributed by atoms with E-state index in [1.165, 1.54) is 0 Å². The van der Waals surface area contributed by atoms with Crippen molar-refractivity contribution in [2.24, 2.45) is 11.5 Å². The SMILES string of the molecule is NC(=O)CCC(NC(=O)C(CCC(=O)O)NC(=O)C(N)CO)C(=O)NC(Cc1ccccc1)C(=O)O. The summed E-state index contributed by atoms with van der Waals surface area (Å²) in [4.78, 5) is 71.7. The molecule has 1 aromatic rings. The normalized spacial score (nSPS) is 13.9. The topological polar surface area (TPSA) is 251 Å². The highest BCUT2D eigenvalue weighted by Gasteiger charge is 2.30. The molecule has 4 unspecified atom stereocenters. The van der Waals surface area contributed by atoms with Crippen LogP contribution in [-0.2, 0) is 35.2 Å². The number of carbonyl (C=O) groups excluding carboxylic acids is 4. The minimum absolute atomic E-state index is 0.0608. The molecule has 0 saturated heterocycles. The Morgan fingerprint density at radius 1 is 0.778 bits per heavy atom. The number of aliphatic hydroxyl groups is 1. The van der Waals surface area contributed by atoms with Crippen molar-refractivity contribution in [1.29, 1.82) is 0 Å². The maximum absolute atomic E-state index is 12.9. The summed E-state index contributed by atoms with van der Waals surface area (Å²) in [5.41, 5.74) is 11.2. The number of carboxylic acids is 2. The second kappa shape index (κ2) is 15.1. The standard InChI is InChI=1S/C22H31N5O9/c23-13(11-28)19(32)25-15(7-9-18(30)31)20(33)26-14(6-8-17(24)29)21(34)27-16(22(35)36)10-12-4-2-1-3-5-12/h1-5,13-16,28H,6-11,23H2,(H2,24,29)(H,25,32)(H,26,33)(H,27,34)(H,30,31)(H,35,36). The highest BCUT2D eigenvalue weighted by molar-refractivity contribution is 5.94. The van der Waals surface area contributed by atoms with Crippen molar-refractivity contribution in [3.05, 3.63) is 35.9 Å². The third kappa shape index (κ3) is 10.9. The van der Waals surface area contributed by atoms with E-state index < -0.39 is 72.8 Å². The lowest BCUT2D eigenvalue weighted by Crippen LogP contribution is -2.57. The first-order chi connectivity index (χ1) is 16.9. The number of primary amides is 1. The Labute approximate surface area is 206 Å². The number of rotatable bonds is 16. The molecule has 14 nitrogen and oxygen atoms in total. The molecule has 0 aliphatic carbocycles. The molecular formula is C22H31N5O9. The van der Waals surface area contributed by atoms with Gasteiger partial charge in [-0.15, -0.1) is 0 Å². The van der Waals surface area contributed by atoms with E-state index in [9.17, 15) is 33.9 Å². The van der Waals surface area contributed by atoms with E-state index in [2.05, 4.69) is 16.0 Å².